The molecule has 0 heterocycles. The van der Waals surface area contributed by atoms with Crippen molar-refractivity contribution in [3.63, 3.8) is 0 Å². The van der Waals surface area contributed by atoms with Crippen LogP contribution in [-0.2, 0) is 4.79 Å². The number of nitrogens with two attached hydrogens (primary N) is 1. The minimum Gasteiger partial charge on any atom is -0.490 e. The number of benzene rings is 1. The number of rotatable bonds is 6. The maximum absolute atomic E-state index is 11.8. The Morgan fingerprint density at radius 1 is 1.43 bits per heavy atom. The van der Waals surface area contributed by atoms with Crippen molar-refractivity contribution in [1.29, 1.82) is 0 Å². The Labute approximate surface area is 134 Å². The lowest BCUT2D eigenvalue weighted by Gasteiger charge is -2.26. The van der Waals surface area contributed by atoms with Gasteiger partial charge in [0.05, 0.1) is 10.5 Å². The molecular weight excluding hydrogens is 336 g/mol. The third-order valence-electron chi connectivity index (χ3n) is 3.00. The van der Waals surface area contributed by atoms with E-state index in [2.05, 4.69) is 21.2 Å². The first-order chi connectivity index (χ1) is 9.71. The van der Waals surface area contributed by atoms with Crippen LogP contribution >= 0.6 is 15.9 Å². The normalized spacial score (nSPS) is 14.4. The van der Waals surface area contributed by atoms with E-state index in [9.17, 15) is 9.90 Å². The van der Waals surface area contributed by atoms with E-state index in [0.29, 0.717) is 5.75 Å². The largest absolute Gasteiger partial charge is 0.490 e. The van der Waals surface area contributed by atoms with Gasteiger partial charge in [-0.2, -0.15) is 0 Å². The highest BCUT2D eigenvalue weighted by Crippen LogP contribution is 2.23. The molecule has 0 aromatic heterocycles. The van der Waals surface area contributed by atoms with E-state index in [-0.39, 0.29) is 24.5 Å². The highest BCUT2D eigenvalue weighted by Gasteiger charge is 2.27. The fourth-order valence-corrected chi connectivity index (χ4v) is 1.93. The second-order valence-corrected chi connectivity index (χ2v) is 6.84. The minimum atomic E-state index is -0.798. The number of hydrogen-bond donors (Lipinski definition) is 3. The fourth-order valence-electron chi connectivity index (χ4n) is 1.53. The zero-order valence-corrected chi connectivity index (χ0v) is 14.2. The van der Waals surface area contributed by atoms with Gasteiger partial charge in [-0.1, -0.05) is 32.9 Å². The van der Waals surface area contributed by atoms with Crippen LogP contribution in [0.3, 0.4) is 0 Å². The summed E-state index contributed by atoms with van der Waals surface area (Å²) in [5, 5.41) is 12.5. The number of para-hydroxylation sites is 1. The highest BCUT2D eigenvalue weighted by atomic mass is 79.9. The predicted molar refractivity (Wildman–Crippen MR) is 86.1 cm³/mol. The molecule has 21 heavy (non-hydrogen) atoms. The number of carbonyl (C=O) groups excluding carboxylic acids is 1. The molecule has 5 nitrogen and oxygen atoms in total. The Hall–Kier alpha value is -1.11. The van der Waals surface area contributed by atoms with Gasteiger partial charge in [-0.3, -0.25) is 4.79 Å². The number of amides is 1. The van der Waals surface area contributed by atoms with Crippen molar-refractivity contribution >= 4 is 21.8 Å². The van der Waals surface area contributed by atoms with Crippen LogP contribution in [0.25, 0.3) is 0 Å². The minimum absolute atomic E-state index is 0.0909. The summed E-state index contributed by atoms with van der Waals surface area (Å²) >= 11 is 3.36. The molecule has 0 spiro atoms. The maximum atomic E-state index is 11.8. The first-order valence-electron chi connectivity index (χ1n) is 6.80. The van der Waals surface area contributed by atoms with Crippen LogP contribution in [0.5, 0.6) is 5.75 Å². The molecule has 0 aliphatic heterocycles. The van der Waals surface area contributed by atoms with Gasteiger partial charge in [0.1, 0.15) is 18.5 Å². The summed E-state index contributed by atoms with van der Waals surface area (Å²) in [6, 6.07) is 6.75. The third kappa shape index (κ3) is 6.03. The zero-order valence-electron chi connectivity index (χ0n) is 12.6. The van der Waals surface area contributed by atoms with Crippen molar-refractivity contribution in [3.05, 3.63) is 28.7 Å². The number of ether oxygens (including phenoxy) is 1. The van der Waals surface area contributed by atoms with Crippen LogP contribution in [-0.4, -0.2) is 36.3 Å². The van der Waals surface area contributed by atoms with Crippen molar-refractivity contribution in [1.82, 2.24) is 5.32 Å². The number of aliphatic hydroxyl groups excluding tert-OH is 1. The monoisotopic (exact) mass is 358 g/mol. The lowest BCUT2D eigenvalue weighted by Crippen LogP contribution is -2.50. The van der Waals surface area contributed by atoms with Gasteiger partial charge in [0.2, 0.25) is 5.91 Å². The lowest BCUT2D eigenvalue weighted by atomic mass is 9.87. The topological polar surface area (TPSA) is 84.6 Å². The summed E-state index contributed by atoms with van der Waals surface area (Å²) < 4.78 is 6.29. The van der Waals surface area contributed by atoms with Gasteiger partial charge in [-0.15, -0.1) is 0 Å². The predicted octanol–water partition coefficient (Wildman–Crippen LogP) is 1.68. The first kappa shape index (κ1) is 17.9. The van der Waals surface area contributed by atoms with Gasteiger partial charge < -0.3 is 20.9 Å². The zero-order chi connectivity index (χ0) is 16.0. The van der Waals surface area contributed by atoms with Crippen LogP contribution in [0, 0.1) is 5.41 Å². The maximum Gasteiger partial charge on any atom is 0.237 e. The van der Waals surface area contributed by atoms with E-state index < -0.39 is 12.1 Å². The molecule has 1 unspecified atom stereocenters. The molecule has 2 atom stereocenters. The molecule has 6 heteroatoms. The quantitative estimate of drug-likeness (QED) is 0.722. The standard InChI is InChI=1S/C15H23BrN2O3/c1-15(2,3)13(17)14(20)18-8-10(19)9-21-12-7-5-4-6-11(12)16/h4-7,10,13,19H,8-9,17H2,1-3H3,(H,18,20)/t10?,13-/m1/s1. The molecule has 0 bridgehead atoms. The second kappa shape index (κ2) is 7.77. The van der Waals surface area contributed by atoms with E-state index in [0.717, 1.165) is 4.47 Å². The summed E-state index contributed by atoms with van der Waals surface area (Å²) in [5.74, 6) is 0.372. The second-order valence-electron chi connectivity index (χ2n) is 5.98. The summed E-state index contributed by atoms with van der Waals surface area (Å²) in [5.41, 5.74) is 5.52. The molecule has 1 aromatic rings. The molecule has 1 rings (SSSR count). The molecular formula is C15H23BrN2O3. The highest BCUT2D eigenvalue weighted by molar-refractivity contribution is 9.10. The van der Waals surface area contributed by atoms with Gasteiger partial charge in [0, 0.05) is 6.54 Å². The molecule has 0 aliphatic rings. The van der Waals surface area contributed by atoms with E-state index in [4.69, 9.17) is 10.5 Å². The summed E-state index contributed by atoms with van der Waals surface area (Å²) in [6.45, 7) is 5.87. The number of hydrogen-bond acceptors (Lipinski definition) is 4. The van der Waals surface area contributed by atoms with Crippen LogP contribution in [0.4, 0.5) is 0 Å². The average Bonchev–Trinajstić information content (AvgIpc) is 2.42. The Bertz CT molecular complexity index is 474. The number of halogens is 1. The van der Waals surface area contributed by atoms with Crippen molar-refractivity contribution in [2.24, 2.45) is 11.1 Å². The Morgan fingerprint density at radius 3 is 2.62 bits per heavy atom. The molecule has 1 amide bonds. The first-order valence-corrected chi connectivity index (χ1v) is 7.60. The van der Waals surface area contributed by atoms with Crippen molar-refractivity contribution in [2.45, 2.75) is 32.9 Å². The molecule has 0 saturated heterocycles. The SMILES string of the molecule is CC(C)(C)[C@H](N)C(=O)NCC(O)COc1ccccc1Br. The molecule has 0 aliphatic carbocycles. The average molecular weight is 359 g/mol. The molecule has 4 N–H and O–H groups in total. The van der Waals surface area contributed by atoms with Crippen molar-refractivity contribution < 1.29 is 14.6 Å². The molecule has 118 valence electrons. The molecule has 0 radical (unpaired) electrons. The van der Waals surface area contributed by atoms with Crippen LogP contribution < -0.4 is 15.8 Å². The van der Waals surface area contributed by atoms with Gasteiger partial charge in [-0.05, 0) is 33.5 Å². The number of nitrogens with one attached hydrogen (secondary N) is 1. The summed E-state index contributed by atoms with van der Waals surface area (Å²) in [4.78, 5) is 11.8. The molecule has 0 saturated carbocycles. The smallest absolute Gasteiger partial charge is 0.237 e. The lowest BCUT2D eigenvalue weighted by molar-refractivity contribution is -0.125. The van der Waals surface area contributed by atoms with E-state index >= 15 is 0 Å². The van der Waals surface area contributed by atoms with Crippen LogP contribution in [0.2, 0.25) is 0 Å². The van der Waals surface area contributed by atoms with Gasteiger partial charge in [0.25, 0.3) is 0 Å². The third-order valence-corrected chi connectivity index (χ3v) is 3.65. The number of carbonyl (C=O) groups is 1. The summed E-state index contributed by atoms with van der Waals surface area (Å²) in [6.07, 6.45) is -0.798. The van der Waals surface area contributed by atoms with Gasteiger partial charge in [-0.25, -0.2) is 0 Å². The molecule has 1 aromatic carbocycles. The Morgan fingerprint density at radius 2 is 2.05 bits per heavy atom. The molecule has 0 fully saturated rings. The Balaban J connectivity index is 2.36. The fraction of sp³-hybridized carbons (Fsp3) is 0.533. The van der Waals surface area contributed by atoms with E-state index in [1.165, 1.54) is 0 Å². The van der Waals surface area contributed by atoms with Crippen LogP contribution in [0.15, 0.2) is 28.7 Å². The Kier molecular flexibility index (Phi) is 6.64. The van der Waals surface area contributed by atoms with Gasteiger partial charge in [0.15, 0.2) is 0 Å². The van der Waals surface area contributed by atoms with Crippen molar-refractivity contribution in [3.8, 4) is 5.75 Å². The number of aliphatic hydroxyl groups is 1. The van der Waals surface area contributed by atoms with E-state index in [1.807, 2.05) is 39.0 Å². The van der Waals surface area contributed by atoms with E-state index in [1.54, 1.807) is 6.07 Å². The summed E-state index contributed by atoms with van der Waals surface area (Å²) in [7, 11) is 0. The van der Waals surface area contributed by atoms with Gasteiger partial charge >= 0.3 is 0 Å². The van der Waals surface area contributed by atoms with Crippen molar-refractivity contribution in [2.75, 3.05) is 13.2 Å². The van der Waals surface area contributed by atoms with Crippen LogP contribution in [0.1, 0.15) is 20.8 Å².